The molecule has 2 saturated carbocycles. The quantitative estimate of drug-likeness (QED) is 0.396. The molecule has 2 heterocycles. The molecule has 4 atom stereocenters. The normalized spacial score (nSPS) is 24.9. The van der Waals surface area contributed by atoms with Gasteiger partial charge in [-0.1, -0.05) is 12.2 Å². The van der Waals surface area contributed by atoms with E-state index in [2.05, 4.69) is 11.4 Å². The second-order valence-corrected chi connectivity index (χ2v) is 11.8. The zero-order valence-electron chi connectivity index (χ0n) is 17.7. The van der Waals surface area contributed by atoms with Gasteiger partial charge in [-0.25, -0.2) is 3.97 Å². The number of aromatic nitrogens is 1. The standard InChI is InChI=1S/C23H28N2O5S2/c26-20(27)8-4-2-1-3-7-18-16-9-10-17(15-16)22(18)24-23(28)19-11-12-21(31-19)32(29,30)25-13-5-6-14-25/h1,3,5-6,11-14,16-18,22H,2,4,7-10,15H2,(H,24,28)(H,26,27)/b3-1-/t16-,17+,18+,22-/m1/s1. The van der Waals surface area contributed by atoms with E-state index in [-0.39, 0.29) is 22.6 Å². The molecule has 9 heteroatoms. The van der Waals surface area contributed by atoms with Crippen molar-refractivity contribution in [1.29, 1.82) is 0 Å². The molecule has 0 saturated heterocycles. The number of amides is 1. The topological polar surface area (TPSA) is 105 Å². The summed E-state index contributed by atoms with van der Waals surface area (Å²) in [6, 6.07) is 6.47. The van der Waals surface area contributed by atoms with Gasteiger partial charge >= 0.3 is 5.97 Å². The van der Waals surface area contributed by atoms with Crippen LogP contribution in [0, 0.1) is 17.8 Å². The number of aliphatic carboxylic acids is 1. The molecule has 2 N–H and O–H groups in total. The zero-order valence-corrected chi connectivity index (χ0v) is 19.4. The molecule has 2 fully saturated rings. The molecule has 2 aliphatic carbocycles. The number of carbonyl (C=O) groups excluding carboxylic acids is 1. The number of carboxylic acids is 1. The molecule has 1 amide bonds. The molecule has 0 aliphatic heterocycles. The molecule has 32 heavy (non-hydrogen) atoms. The van der Waals surface area contributed by atoms with Crippen molar-refractivity contribution in [3.8, 4) is 0 Å². The number of carbonyl (C=O) groups is 2. The number of carboxylic acid groups (broad SMARTS) is 1. The third kappa shape index (κ3) is 4.83. The van der Waals surface area contributed by atoms with Crippen molar-refractivity contribution in [1.82, 2.24) is 9.29 Å². The summed E-state index contributed by atoms with van der Waals surface area (Å²) in [4.78, 5) is 24.0. The monoisotopic (exact) mass is 476 g/mol. The van der Waals surface area contributed by atoms with Crippen LogP contribution in [-0.2, 0) is 14.8 Å². The third-order valence-corrected chi connectivity index (χ3v) is 9.84. The van der Waals surface area contributed by atoms with Crippen LogP contribution in [0.15, 0.2) is 53.0 Å². The van der Waals surface area contributed by atoms with E-state index in [9.17, 15) is 18.0 Å². The summed E-state index contributed by atoms with van der Waals surface area (Å²) in [6.07, 6.45) is 13.0. The molecule has 4 rings (SSSR count). The van der Waals surface area contributed by atoms with Gasteiger partial charge in [-0.05, 0) is 80.5 Å². The number of thiophene rings is 1. The molecule has 0 unspecified atom stereocenters. The molecular weight excluding hydrogens is 448 g/mol. The van der Waals surface area contributed by atoms with Gasteiger partial charge in [0, 0.05) is 24.9 Å². The average molecular weight is 477 g/mol. The van der Waals surface area contributed by atoms with Gasteiger partial charge in [0.25, 0.3) is 15.9 Å². The molecular formula is C23H28N2O5S2. The van der Waals surface area contributed by atoms with Gasteiger partial charge in [-0.15, -0.1) is 11.3 Å². The highest BCUT2D eigenvalue weighted by Crippen LogP contribution is 2.50. The van der Waals surface area contributed by atoms with Crippen LogP contribution in [0.25, 0.3) is 0 Å². The van der Waals surface area contributed by atoms with E-state index in [4.69, 9.17) is 5.11 Å². The highest BCUT2D eigenvalue weighted by Gasteiger charge is 2.47. The predicted molar refractivity (Wildman–Crippen MR) is 122 cm³/mol. The lowest BCUT2D eigenvalue weighted by atomic mass is 9.82. The van der Waals surface area contributed by atoms with E-state index >= 15 is 0 Å². The van der Waals surface area contributed by atoms with Gasteiger partial charge in [0.05, 0.1) is 4.88 Å². The Balaban J connectivity index is 1.38. The maximum absolute atomic E-state index is 13.0. The second kappa shape index (κ2) is 9.62. The summed E-state index contributed by atoms with van der Waals surface area (Å²) in [5.41, 5.74) is 0. The Bertz CT molecular complexity index is 1090. The SMILES string of the molecule is O=C(O)CCC/C=C\C[C@H]1[C@@H]2CC[C@@H](C2)[C@H]1NC(=O)c1ccc(S(=O)(=O)n2cccc2)s1. The van der Waals surface area contributed by atoms with E-state index in [1.165, 1.54) is 24.9 Å². The van der Waals surface area contributed by atoms with E-state index in [0.29, 0.717) is 29.1 Å². The minimum absolute atomic E-state index is 0.0940. The summed E-state index contributed by atoms with van der Waals surface area (Å²) < 4.78 is 26.6. The average Bonchev–Trinajstić information content (AvgIpc) is 3.55. The highest BCUT2D eigenvalue weighted by molar-refractivity contribution is 7.92. The van der Waals surface area contributed by atoms with Crippen molar-refractivity contribution in [2.24, 2.45) is 17.8 Å². The summed E-state index contributed by atoms with van der Waals surface area (Å²) in [5, 5.41) is 11.9. The van der Waals surface area contributed by atoms with Crippen LogP contribution in [0.5, 0.6) is 0 Å². The van der Waals surface area contributed by atoms with Crippen LogP contribution >= 0.6 is 11.3 Å². The van der Waals surface area contributed by atoms with Crippen LogP contribution in [0.4, 0.5) is 0 Å². The first-order chi connectivity index (χ1) is 15.4. The molecule has 0 spiro atoms. The number of fused-ring (bicyclic) bond motifs is 2. The molecule has 2 aromatic heterocycles. The Labute approximate surface area is 192 Å². The first-order valence-corrected chi connectivity index (χ1v) is 13.3. The van der Waals surface area contributed by atoms with Crippen molar-refractivity contribution in [3.63, 3.8) is 0 Å². The maximum Gasteiger partial charge on any atom is 0.303 e. The molecule has 7 nitrogen and oxygen atoms in total. The Hall–Kier alpha value is -2.39. The number of hydrogen-bond acceptors (Lipinski definition) is 5. The molecule has 0 radical (unpaired) electrons. The predicted octanol–water partition coefficient (Wildman–Crippen LogP) is 4.13. The van der Waals surface area contributed by atoms with Crippen molar-refractivity contribution >= 4 is 33.2 Å². The number of nitrogens with zero attached hydrogens (tertiary/aromatic N) is 1. The van der Waals surface area contributed by atoms with E-state index in [1.54, 1.807) is 18.2 Å². The Morgan fingerprint density at radius 3 is 2.66 bits per heavy atom. The molecule has 172 valence electrons. The lowest BCUT2D eigenvalue weighted by Crippen LogP contribution is -2.43. The van der Waals surface area contributed by atoms with Crippen LogP contribution in [0.2, 0.25) is 0 Å². The largest absolute Gasteiger partial charge is 0.481 e. The minimum Gasteiger partial charge on any atom is -0.481 e. The fourth-order valence-corrected chi connectivity index (χ4v) is 7.60. The summed E-state index contributed by atoms with van der Waals surface area (Å²) in [6.45, 7) is 0. The van der Waals surface area contributed by atoms with Crippen LogP contribution in [0.1, 0.15) is 54.6 Å². The van der Waals surface area contributed by atoms with Crippen molar-refractivity contribution in [2.75, 3.05) is 0 Å². The molecule has 2 bridgehead atoms. The van der Waals surface area contributed by atoms with E-state index in [1.807, 2.05) is 6.08 Å². The second-order valence-electron chi connectivity index (χ2n) is 8.63. The van der Waals surface area contributed by atoms with E-state index < -0.39 is 16.0 Å². The van der Waals surface area contributed by atoms with Crippen molar-refractivity contribution in [3.05, 3.63) is 53.7 Å². The minimum atomic E-state index is -3.67. The lowest BCUT2D eigenvalue weighted by molar-refractivity contribution is -0.137. The van der Waals surface area contributed by atoms with Crippen LogP contribution < -0.4 is 5.32 Å². The van der Waals surface area contributed by atoms with Crippen molar-refractivity contribution in [2.45, 2.75) is 55.2 Å². The van der Waals surface area contributed by atoms with Crippen LogP contribution in [-0.4, -0.2) is 35.4 Å². The molecule has 0 aromatic carbocycles. The Morgan fingerprint density at radius 2 is 1.91 bits per heavy atom. The number of allylic oxidation sites excluding steroid dienone is 2. The van der Waals surface area contributed by atoms with Gasteiger partial charge < -0.3 is 10.4 Å². The first kappa shape index (κ1) is 22.8. The Kier molecular flexibility index (Phi) is 6.85. The first-order valence-electron chi connectivity index (χ1n) is 11.0. The molecule has 2 aromatic rings. The molecule has 2 aliphatic rings. The number of hydrogen-bond donors (Lipinski definition) is 2. The lowest BCUT2D eigenvalue weighted by Gasteiger charge is -2.31. The smallest absolute Gasteiger partial charge is 0.303 e. The number of nitrogens with one attached hydrogen (secondary N) is 1. The summed E-state index contributed by atoms with van der Waals surface area (Å²) >= 11 is 0.997. The van der Waals surface area contributed by atoms with E-state index in [0.717, 1.165) is 41.0 Å². The van der Waals surface area contributed by atoms with Gasteiger partial charge in [0.1, 0.15) is 4.21 Å². The van der Waals surface area contributed by atoms with Crippen molar-refractivity contribution < 1.29 is 23.1 Å². The zero-order chi connectivity index (χ0) is 22.7. The summed E-state index contributed by atoms with van der Waals surface area (Å²) in [5.74, 6) is 0.458. The van der Waals surface area contributed by atoms with Gasteiger partial charge in [0.15, 0.2) is 0 Å². The van der Waals surface area contributed by atoms with Crippen LogP contribution in [0.3, 0.4) is 0 Å². The summed E-state index contributed by atoms with van der Waals surface area (Å²) in [7, 11) is -3.67. The number of rotatable bonds is 10. The van der Waals surface area contributed by atoms with Gasteiger partial charge in [-0.2, -0.15) is 8.42 Å². The fraction of sp³-hybridized carbons (Fsp3) is 0.478. The van der Waals surface area contributed by atoms with Gasteiger partial charge in [-0.3, -0.25) is 9.59 Å². The number of unbranched alkanes of at least 4 members (excludes halogenated alkanes) is 1. The van der Waals surface area contributed by atoms with Gasteiger partial charge in [0.2, 0.25) is 0 Å². The third-order valence-electron chi connectivity index (χ3n) is 6.64. The maximum atomic E-state index is 13.0. The Morgan fingerprint density at radius 1 is 1.16 bits per heavy atom. The fourth-order valence-electron chi connectivity index (χ4n) is 5.10. The highest BCUT2D eigenvalue weighted by atomic mass is 32.2.